The number of hydrogen-bond donors (Lipinski definition) is 1. The van der Waals surface area contributed by atoms with E-state index in [0.29, 0.717) is 27.8 Å². The molecule has 1 N–H and O–H groups in total. The lowest BCUT2D eigenvalue weighted by molar-refractivity contribution is 0.174. The number of benzene rings is 3. The molecule has 3 aromatic carbocycles. The molecule has 0 fully saturated rings. The van der Waals surface area contributed by atoms with E-state index < -0.39 is 10.0 Å². The molecule has 0 spiro atoms. The molecule has 0 bridgehead atoms. The van der Waals surface area contributed by atoms with Gasteiger partial charge in [-0.2, -0.15) is 0 Å². The fourth-order valence-electron chi connectivity index (χ4n) is 2.88. The Balaban J connectivity index is 1.83. The number of hydrogen-bond acceptors (Lipinski definition) is 4. The van der Waals surface area contributed by atoms with Crippen LogP contribution in [0.1, 0.15) is 5.56 Å². The zero-order valence-electron chi connectivity index (χ0n) is 14.4. The summed E-state index contributed by atoms with van der Waals surface area (Å²) < 4.78 is 39.1. The molecule has 1 aliphatic rings. The second-order valence-corrected chi connectivity index (χ2v) is 8.22. The Morgan fingerprint density at radius 3 is 2.37 bits per heavy atom. The topological polar surface area (TPSA) is 64.6 Å². The van der Waals surface area contributed by atoms with Gasteiger partial charge in [0.25, 0.3) is 10.0 Å². The van der Waals surface area contributed by atoms with Crippen LogP contribution < -0.4 is 14.2 Å². The summed E-state index contributed by atoms with van der Waals surface area (Å²) in [6.45, 7) is 2.00. The minimum atomic E-state index is -3.75. The standard InChI is InChI=1S/C20H16ClNO4S/c1-13-9-14(7-8-17(13)21)16-10-19-20(26-12-25-19)11-18(16)22-27(23,24)15-5-3-2-4-6-15/h2-11,22H,12H2,1H3. The number of sulfonamides is 1. The first-order valence-corrected chi connectivity index (χ1v) is 10.1. The Kier molecular flexibility index (Phi) is 4.45. The molecular weight excluding hydrogens is 386 g/mol. The highest BCUT2D eigenvalue weighted by molar-refractivity contribution is 7.92. The van der Waals surface area contributed by atoms with E-state index in [1.54, 1.807) is 48.5 Å². The highest BCUT2D eigenvalue weighted by Gasteiger charge is 2.22. The summed E-state index contributed by atoms with van der Waals surface area (Å²) in [5.41, 5.74) is 2.80. The second-order valence-electron chi connectivity index (χ2n) is 6.13. The van der Waals surface area contributed by atoms with Crippen LogP contribution in [0.3, 0.4) is 0 Å². The third-order valence-corrected chi connectivity index (χ3v) is 6.09. The fraction of sp³-hybridized carbons (Fsp3) is 0.100. The summed E-state index contributed by atoms with van der Waals surface area (Å²) >= 11 is 6.13. The van der Waals surface area contributed by atoms with Crippen LogP contribution in [0.25, 0.3) is 11.1 Å². The van der Waals surface area contributed by atoms with Crippen molar-refractivity contribution < 1.29 is 17.9 Å². The van der Waals surface area contributed by atoms with Gasteiger partial charge in [0.05, 0.1) is 10.6 Å². The van der Waals surface area contributed by atoms with Crippen molar-refractivity contribution in [3.05, 3.63) is 71.2 Å². The summed E-state index contributed by atoms with van der Waals surface area (Å²) in [5, 5.41) is 0.644. The average molecular weight is 402 g/mol. The molecule has 0 saturated carbocycles. The minimum Gasteiger partial charge on any atom is -0.454 e. The van der Waals surface area contributed by atoms with Gasteiger partial charge in [-0.15, -0.1) is 0 Å². The highest BCUT2D eigenvalue weighted by Crippen LogP contribution is 2.42. The molecule has 1 heterocycles. The minimum absolute atomic E-state index is 0.101. The molecule has 1 aliphatic heterocycles. The molecule has 7 heteroatoms. The lowest BCUT2D eigenvalue weighted by atomic mass is 10.0. The molecular formula is C20H16ClNO4S. The molecule has 27 heavy (non-hydrogen) atoms. The SMILES string of the molecule is Cc1cc(-c2cc3c(cc2NS(=O)(=O)c2ccccc2)OCO3)ccc1Cl. The van der Waals surface area contributed by atoms with Gasteiger partial charge in [0.2, 0.25) is 6.79 Å². The molecule has 4 rings (SSSR count). The third kappa shape index (κ3) is 3.46. The first-order valence-electron chi connectivity index (χ1n) is 8.22. The van der Waals surface area contributed by atoms with Gasteiger partial charge in [-0.1, -0.05) is 35.9 Å². The monoisotopic (exact) mass is 401 g/mol. The molecule has 0 atom stereocenters. The van der Waals surface area contributed by atoms with E-state index in [-0.39, 0.29) is 11.7 Å². The maximum Gasteiger partial charge on any atom is 0.261 e. The Morgan fingerprint density at radius 2 is 1.67 bits per heavy atom. The van der Waals surface area contributed by atoms with Crippen LogP contribution in [-0.2, 0) is 10.0 Å². The van der Waals surface area contributed by atoms with Gasteiger partial charge >= 0.3 is 0 Å². The van der Waals surface area contributed by atoms with Gasteiger partial charge in [0.15, 0.2) is 11.5 Å². The van der Waals surface area contributed by atoms with Crippen LogP contribution in [-0.4, -0.2) is 15.2 Å². The zero-order valence-corrected chi connectivity index (χ0v) is 16.0. The predicted molar refractivity (Wildman–Crippen MR) is 105 cm³/mol. The van der Waals surface area contributed by atoms with Gasteiger partial charge < -0.3 is 9.47 Å². The first kappa shape index (κ1) is 17.7. The number of nitrogens with one attached hydrogen (secondary N) is 1. The van der Waals surface area contributed by atoms with Crippen LogP contribution >= 0.6 is 11.6 Å². The summed E-state index contributed by atoms with van der Waals surface area (Å²) in [4.78, 5) is 0.181. The zero-order chi connectivity index (χ0) is 19.0. The Morgan fingerprint density at radius 1 is 0.963 bits per heavy atom. The van der Waals surface area contributed by atoms with Crippen LogP contribution in [0.4, 0.5) is 5.69 Å². The lowest BCUT2D eigenvalue weighted by Crippen LogP contribution is -2.13. The van der Waals surface area contributed by atoms with Crippen molar-refractivity contribution in [2.24, 2.45) is 0 Å². The number of anilines is 1. The van der Waals surface area contributed by atoms with Crippen LogP contribution in [0.5, 0.6) is 11.5 Å². The molecule has 0 aliphatic carbocycles. The van der Waals surface area contributed by atoms with Gasteiger partial charge in [0, 0.05) is 16.7 Å². The van der Waals surface area contributed by atoms with Crippen LogP contribution in [0.15, 0.2) is 65.6 Å². The van der Waals surface area contributed by atoms with E-state index in [1.165, 1.54) is 0 Å². The first-order chi connectivity index (χ1) is 12.9. The summed E-state index contributed by atoms with van der Waals surface area (Å²) in [5.74, 6) is 1.07. The highest BCUT2D eigenvalue weighted by atomic mass is 35.5. The summed E-state index contributed by atoms with van der Waals surface area (Å²) in [6.07, 6.45) is 0. The molecule has 0 aromatic heterocycles. The summed E-state index contributed by atoms with van der Waals surface area (Å²) in [7, 11) is -3.75. The molecule has 0 radical (unpaired) electrons. The Bertz CT molecular complexity index is 1110. The third-order valence-electron chi connectivity index (χ3n) is 4.28. The maximum absolute atomic E-state index is 12.8. The number of aryl methyl sites for hydroxylation is 1. The van der Waals surface area contributed by atoms with Crippen molar-refractivity contribution in [2.75, 3.05) is 11.5 Å². The summed E-state index contributed by atoms with van der Waals surface area (Å²) in [6, 6.07) is 17.1. The van der Waals surface area contributed by atoms with E-state index in [9.17, 15) is 8.42 Å². The molecule has 0 saturated heterocycles. The molecule has 5 nitrogen and oxygen atoms in total. The van der Waals surface area contributed by atoms with Gasteiger partial charge in [0.1, 0.15) is 0 Å². The Labute approximate surface area is 162 Å². The van der Waals surface area contributed by atoms with Crippen molar-refractivity contribution in [1.82, 2.24) is 0 Å². The van der Waals surface area contributed by atoms with Crippen molar-refractivity contribution in [2.45, 2.75) is 11.8 Å². The lowest BCUT2D eigenvalue weighted by Gasteiger charge is -2.15. The quantitative estimate of drug-likeness (QED) is 0.679. The largest absolute Gasteiger partial charge is 0.454 e. The molecule has 138 valence electrons. The number of halogens is 1. The van der Waals surface area contributed by atoms with Crippen molar-refractivity contribution >= 4 is 27.3 Å². The fourth-order valence-corrected chi connectivity index (χ4v) is 4.09. The predicted octanol–water partition coefficient (Wildman–Crippen LogP) is 4.84. The van der Waals surface area contributed by atoms with Crippen molar-refractivity contribution in [3.8, 4) is 22.6 Å². The van der Waals surface area contributed by atoms with Crippen LogP contribution in [0, 0.1) is 6.92 Å². The van der Waals surface area contributed by atoms with E-state index in [0.717, 1.165) is 11.1 Å². The van der Waals surface area contributed by atoms with E-state index >= 15 is 0 Å². The van der Waals surface area contributed by atoms with Gasteiger partial charge in [-0.05, 0) is 48.4 Å². The van der Waals surface area contributed by atoms with Crippen LogP contribution in [0.2, 0.25) is 5.02 Å². The average Bonchev–Trinajstić information content (AvgIpc) is 3.11. The molecule has 0 unspecified atom stereocenters. The van der Waals surface area contributed by atoms with Gasteiger partial charge in [-0.3, -0.25) is 4.72 Å². The smallest absolute Gasteiger partial charge is 0.261 e. The van der Waals surface area contributed by atoms with Gasteiger partial charge in [-0.25, -0.2) is 8.42 Å². The van der Waals surface area contributed by atoms with Crippen molar-refractivity contribution in [1.29, 1.82) is 0 Å². The van der Waals surface area contributed by atoms with E-state index in [1.807, 2.05) is 19.1 Å². The number of ether oxygens (including phenoxy) is 2. The Hall–Kier alpha value is -2.70. The molecule has 0 amide bonds. The number of rotatable bonds is 4. The van der Waals surface area contributed by atoms with Crippen molar-refractivity contribution in [3.63, 3.8) is 0 Å². The van der Waals surface area contributed by atoms with E-state index in [4.69, 9.17) is 21.1 Å². The molecule has 3 aromatic rings. The second kappa shape index (κ2) is 6.79. The van der Waals surface area contributed by atoms with E-state index in [2.05, 4.69) is 4.72 Å². The maximum atomic E-state index is 12.8. The number of fused-ring (bicyclic) bond motifs is 1. The normalized spacial score (nSPS) is 12.8.